The zero-order valence-corrected chi connectivity index (χ0v) is 15.5. The van der Waals surface area contributed by atoms with Crippen molar-refractivity contribution in [1.82, 2.24) is 4.90 Å². The first-order chi connectivity index (χ1) is 13.1. The second kappa shape index (κ2) is 8.86. The number of methoxy groups -OCH3 is 1. The highest BCUT2D eigenvalue weighted by Gasteiger charge is 2.26. The topological polar surface area (TPSA) is 80.0 Å². The summed E-state index contributed by atoms with van der Waals surface area (Å²) in [6, 6.07) is 10.6. The molecule has 0 spiro atoms. The van der Waals surface area contributed by atoms with Gasteiger partial charge in [0.05, 0.1) is 26.0 Å². The van der Waals surface area contributed by atoms with Crippen molar-refractivity contribution in [2.75, 3.05) is 20.2 Å². The molecule has 1 aromatic carbocycles. The SMILES string of the molecule is COC(=O)C[C@H](c1ccccc1)c1oc(CN2CCCCC2)cc(=O)c1O. The lowest BCUT2D eigenvalue weighted by atomic mass is 9.92. The summed E-state index contributed by atoms with van der Waals surface area (Å²) < 4.78 is 10.8. The number of rotatable bonds is 6. The highest BCUT2D eigenvalue weighted by molar-refractivity contribution is 5.71. The Morgan fingerprint density at radius 3 is 2.59 bits per heavy atom. The normalized spacial score (nSPS) is 16.0. The molecule has 144 valence electrons. The van der Waals surface area contributed by atoms with Crippen molar-refractivity contribution in [3.8, 4) is 5.75 Å². The zero-order valence-electron chi connectivity index (χ0n) is 15.5. The summed E-state index contributed by atoms with van der Waals surface area (Å²) >= 11 is 0. The standard InChI is InChI=1S/C21H25NO5/c1-26-19(24)13-17(15-8-4-2-5-9-15)21-20(25)18(23)12-16(27-21)14-22-10-6-3-7-11-22/h2,4-5,8-9,12,17,25H,3,6-7,10-11,13-14H2,1H3/t17-/m1/s1. The molecule has 1 aliphatic heterocycles. The maximum atomic E-state index is 12.3. The second-order valence-electron chi connectivity index (χ2n) is 6.87. The Bertz CT molecular complexity index is 824. The molecule has 1 N–H and O–H groups in total. The van der Waals surface area contributed by atoms with E-state index in [9.17, 15) is 14.7 Å². The van der Waals surface area contributed by atoms with Crippen LogP contribution in [-0.2, 0) is 16.1 Å². The fourth-order valence-corrected chi connectivity index (χ4v) is 3.50. The van der Waals surface area contributed by atoms with Crippen LogP contribution in [0.1, 0.15) is 48.7 Å². The number of ether oxygens (including phenoxy) is 1. The van der Waals surface area contributed by atoms with Crippen LogP contribution < -0.4 is 5.43 Å². The van der Waals surface area contributed by atoms with Crippen molar-refractivity contribution in [3.63, 3.8) is 0 Å². The highest BCUT2D eigenvalue weighted by atomic mass is 16.5. The van der Waals surface area contributed by atoms with Crippen LogP contribution in [0, 0.1) is 0 Å². The molecule has 3 rings (SSSR count). The first-order valence-corrected chi connectivity index (χ1v) is 9.28. The molecule has 1 fully saturated rings. The predicted molar refractivity (Wildman–Crippen MR) is 101 cm³/mol. The summed E-state index contributed by atoms with van der Waals surface area (Å²) in [5, 5.41) is 10.4. The van der Waals surface area contributed by atoms with Gasteiger partial charge >= 0.3 is 5.97 Å². The van der Waals surface area contributed by atoms with Crippen molar-refractivity contribution >= 4 is 5.97 Å². The van der Waals surface area contributed by atoms with Gasteiger partial charge in [-0.15, -0.1) is 0 Å². The number of esters is 1. The molecular weight excluding hydrogens is 346 g/mol. The lowest BCUT2D eigenvalue weighted by Gasteiger charge is -2.26. The minimum absolute atomic E-state index is 0.0236. The number of likely N-dealkylation sites (tertiary alicyclic amines) is 1. The summed E-state index contributed by atoms with van der Waals surface area (Å²) in [7, 11) is 1.31. The molecule has 0 amide bonds. The number of benzene rings is 1. The van der Waals surface area contributed by atoms with Gasteiger partial charge in [-0.25, -0.2) is 0 Å². The summed E-state index contributed by atoms with van der Waals surface area (Å²) in [6.07, 6.45) is 3.45. The minimum atomic E-state index is -0.590. The minimum Gasteiger partial charge on any atom is -0.502 e. The maximum Gasteiger partial charge on any atom is 0.306 e. The quantitative estimate of drug-likeness (QED) is 0.786. The molecule has 0 saturated carbocycles. The zero-order chi connectivity index (χ0) is 19.2. The third-order valence-electron chi connectivity index (χ3n) is 4.94. The lowest BCUT2D eigenvalue weighted by Crippen LogP contribution is -2.29. The van der Waals surface area contributed by atoms with Gasteiger partial charge in [0.25, 0.3) is 0 Å². The van der Waals surface area contributed by atoms with Gasteiger partial charge in [0.1, 0.15) is 5.76 Å². The van der Waals surface area contributed by atoms with E-state index in [4.69, 9.17) is 9.15 Å². The van der Waals surface area contributed by atoms with E-state index in [-0.39, 0.29) is 12.2 Å². The first kappa shape index (κ1) is 19.2. The van der Waals surface area contributed by atoms with Crippen LogP contribution in [0.25, 0.3) is 0 Å². The Kier molecular flexibility index (Phi) is 6.29. The predicted octanol–water partition coefficient (Wildman–Crippen LogP) is 3.03. The second-order valence-corrected chi connectivity index (χ2v) is 6.87. The van der Waals surface area contributed by atoms with Crippen LogP contribution in [0.3, 0.4) is 0 Å². The summed E-state index contributed by atoms with van der Waals surface area (Å²) in [5.41, 5.74) is 0.283. The van der Waals surface area contributed by atoms with E-state index in [1.807, 2.05) is 30.3 Å². The Morgan fingerprint density at radius 2 is 1.93 bits per heavy atom. The molecule has 1 aromatic heterocycles. The van der Waals surface area contributed by atoms with Crippen LogP contribution in [0.4, 0.5) is 0 Å². The molecule has 0 bridgehead atoms. The van der Waals surface area contributed by atoms with Gasteiger partial charge in [-0.3, -0.25) is 14.5 Å². The molecule has 0 aliphatic carbocycles. The van der Waals surface area contributed by atoms with Crippen LogP contribution in [0.2, 0.25) is 0 Å². The van der Waals surface area contributed by atoms with E-state index >= 15 is 0 Å². The Morgan fingerprint density at radius 1 is 1.22 bits per heavy atom. The number of piperidine rings is 1. The van der Waals surface area contributed by atoms with Crippen molar-refractivity contribution in [1.29, 1.82) is 0 Å². The van der Waals surface area contributed by atoms with Crippen molar-refractivity contribution < 1.29 is 19.1 Å². The molecule has 2 aromatic rings. The van der Waals surface area contributed by atoms with Gasteiger partial charge in [-0.05, 0) is 31.5 Å². The molecule has 0 unspecified atom stereocenters. The van der Waals surface area contributed by atoms with E-state index in [0.717, 1.165) is 31.5 Å². The molecule has 1 saturated heterocycles. The molecule has 1 atom stereocenters. The summed E-state index contributed by atoms with van der Waals surface area (Å²) in [6.45, 7) is 2.44. The van der Waals surface area contributed by atoms with E-state index in [1.54, 1.807) is 0 Å². The Hall–Kier alpha value is -2.60. The Balaban J connectivity index is 1.97. The number of hydrogen-bond donors (Lipinski definition) is 1. The Labute approximate surface area is 158 Å². The van der Waals surface area contributed by atoms with Gasteiger partial charge in [-0.1, -0.05) is 36.8 Å². The van der Waals surface area contributed by atoms with Gasteiger partial charge in [0, 0.05) is 6.07 Å². The van der Waals surface area contributed by atoms with Crippen LogP contribution in [0.5, 0.6) is 5.75 Å². The van der Waals surface area contributed by atoms with Crippen molar-refractivity contribution in [3.05, 3.63) is 63.7 Å². The molecule has 6 nitrogen and oxygen atoms in total. The van der Waals surface area contributed by atoms with E-state index in [1.165, 1.54) is 19.6 Å². The largest absolute Gasteiger partial charge is 0.502 e. The molecule has 27 heavy (non-hydrogen) atoms. The average molecular weight is 371 g/mol. The average Bonchev–Trinajstić information content (AvgIpc) is 2.70. The highest BCUT2D eigenvalue weighted by Crippen LogP contribution is 2.33. The third-order valence-corrected chi connectivity index (χ3v) is 4.94. The van der Waals surface area contributed by atoms with E-state index < -0.39 is 23.1 Å². The molecule has 0 radical (unpaired) electrons. The number of carbonyl (C=O) groups excluding carboxylic acids is 1. The van der Waals surface area contributed by atoms with E-state index in [0.29, 0.717) is 12.3 Å². The smallest absolute Gasteiger partial charge is 0.306 e. The van der Waals surface area contributed by atoms with Crippen molar-refractivity contribution in [2.45, 2.75) is 38.1 Å². The van der Waals surface area contributed by atoms with Gasteiger partial charge in [0.15, 0.2) is 5.76 Å². The van der Waals surface area contributed by atoms with Gasteiger partial charge in [-0.2, -0.15) is 0 Å². The lowest BCUT2D eigenvalue weighted by molar-refractivity contribution is -0.140. The third kappa shape index (κ3) is 4.77. The number of aromatic hydroxyl groups is 1. The van der Waals surface area contributed by atoms with Crippen LogP contribution in [0.15, 0.2) is 45.6 Å². The fourth-order valence-electron chi connectivity index (χ4n) is 3.50. The number of carbonyl (C=O) groups is 1. The van der Waals surface area contributed by atoms with E-state index in [2.05, 4.69) is 4.90 Å². The number of nitrogens with zero attached hydrogens (tertiary/aromatic N) is 1. The summed E-state index contributed by atoms with van der Waals surface area (Å²) in [5.74, 6) is -0.859. The fraction of sp³-hybridized carbons (Fsp3) is 0.429. The molecular formula is C21H25NO5. The van der Waals surface area contributed by atoms with Crippen LogP contribution >= 0.6 is 0 Å². The first-order valence-electron chi connectivity index (χ1n) is 9.28. The number of hydrogen-bond acceptors (Lipinski definition) is 6. The molecule has 1 aliphatic rings. The van der Waals surface area contributed by atoms with Crippen molar-refractivity contribution in [2.24, 2.45) is 0 Å². The molecule has 2 heterocycles. The van der Waals surface area contributed by atoms with Gasteiger partial charge < -0.3 is 14.3 Å². The van der Waals surface area contributed by atoms with Gasteiger partial charge in [0.2, 0.25) is 11.2 Å². The summed E-state index contributed by atoms with van der Waals surface area (Å²) in [4.78, 5) is 26.5. The molecule has 6 heteroatoms. The maximum absolute atomic E-state index is 12.3. The monoisotopic (exact) mass is 371 g/mol. The van der Waals surface area contributed by atoms with Crippen LogP contribution in [-0.4, -0.2) is 36.2 Å².